The van der Waals surface area contributed by atoms with Crippen molar-refractivity contribution in [3.63, 3.8) is 0 Å². The van der Waals surface area contributed by atoms with Crippen LogP contribution in [0.4, 0.5) is 5.69 Å². The molecule has 0 saturated carbocycles. The van der Waals surface area contributed by atoms with E-state index in [0.717, 1.165) is 30.7 Å². The number of fused-ring (bicyclic) bond motifs is 1. The lowest BCUT2D eigenvalue weighted by Gasteiger charge is -2.17. The highest BCUT2D eigenvalue weighted by Gasteiger charge is 2.18. The topological polar surface area (TPSA) is 90.9 Å². The fraction of sp³-hybridized carbons (Fsp3) is 0.348. The summed E-state index contributed by atoms with van der Waals surface area (Å²) in [5.74, 6) is -0.239. The number of Topliss-reactive ketones (excluding diaryl/α,β-unsaturated/α-hetero) is 1. The van der Waals surface area contributed by atoms with Crippen molar-refractivity contribution in [2.24, 2.45) is 0 Å². The first-order valence-corrected chi connectivity index (χ1v) is 10.1. The smallest absolute Gasteiger partial charge is 0.338 e. The van der Waals surface area contributed by atoms with Crippen molar-refractivity contribution in [2.45, 2.75) is 31.8 Å². The van der Waals surface area contributed by atoms with Gasteiger partial charge in [0.1, 0.15) is 12.4 Å². The van der Waals surface area contributed by atoms with Crippen molar-refractivity contribution in [3.05, 3.63) is 59.2 Å². The fourth-order valence-corrected chi connectivity index (χ4v) is 3.51. The molecule has 0 aliphatic carbocycles. The highest BCUT2D eigenvalue weighted by atomic mass is 16.5. The molecule has 1 saturated heterocycles. The van der Waals surface area contributed by atoms with E-state index >= 15 is 0 Å². The summed E-state index contributed by atoms with van der Waals surface area (Å²) < 4.78 is 16.4. The zero-order valence-electron chi connectivity index (χ0n) is 16.5. The summed E-state index contributed by atoms with van der Waals surface area (Å²) in [6.45, 7) is 0.920. The number of carbonyl (C=O) groups is 3. The van der Waals surface area contributed by atoms with Crippen LogP contribution in [0.3, 0.4) is 0 Å². The number of aryl methyl sites for hydroxylation is 1. The molecule has 30 heavy (non-hydrogen) atoms. The van der Waals surface area contributed by atoms with Gasteiger partial charge in [-0.15, -0.1) is 0 Å². The fourth-order valence-electron chi connectivity index (χ4n) is 3.51. The number of benzene rings is 2. The maximum atomic E-state index is 12.4. The van der Waals surface area contributed by atoms with Crippen LogP contribution in [0.5, 0.6) is 5.75 Å². The van der Waals surface area contributed by atoms with Crippen LogP contribution in [-0.4, -0.2) is 43.6 Å². The van der Waals surface area contributed by atoms with E-state index in [1.807, 2.05) is 0 Å². The summed E-state index contributed by atoms with van der Waals surface area (Å²) in [6, 6.07) is 11.7. The van der Waals surface area contributed by atoms with Crippen molar-refractivity contribution < 1.29 is 28.6 Å². The summed E-state index contributed by atoms with van der Waals surface area (Å²) in [5.41, 5.74) is 2.43. The third-order valence-electron chi connectivity index (χ3n) is 5.21. The van der Waals surface area contributed by atoms with Gasteiger partial charge in [0.2, 0.25) is 5.91 Å². The van der Waals surface area contributed by atoms with Crippen LogP contribution >= 0.6 is 0 Å². The molecule has 0 bridgehead atoms. The molecule has 0 spiro atoms. The average Bonchev–Trinajstić information content (AvgIpc) is 3.29. The van der Waals surface area contributed by atoms with Crippen LogP contribution in [-0.2, 0) is 20.7 Å². The predicted molar refractivity (Wildman–Crippen MR) is 109 cm³/mol. The molecule has 0 radical (unpaired) electrons. The first-order valence-electron chi connectivity index (χ1n) is 10.1. The SMILES string of the molecule is O=C1CCc2cc(C(=O)COC(=O)c3ccc(OCC4CCCO4)cc3)ccc2N1. The van der Waals surface area contributed by atoms with E-state index in [1.165, 1.54) is 0 Å². The van der Waals surface area contributed by atoms with Gasteiger partial charge in [-0.1, -0.05) is 0 Å². The molecule has 4 rings (SSSR count). The monoisotopic (exact) mass is 409 g/mol. The minimum Gasteiger partial charge on any atom is -0.491 e. The number of hydrogen-bond acceptors (Lipinski definition) is 6. The van der Waals surface area contributed by atoms with Gasteiger partial charge in [-0.2, -0.15) is 0 Å². The zero-order valence-corrected chi connectivity index (χ0v) is 16.5. The van der Waals surface area contributed by atoms with Gasteiger partial charge in [0.15, 0.2) is 12.4 Å². The summed E-state index contributed by atoms with van der Waals surface area (Å²) in [6.07, 6.45) is 3.16. The second-order valence-corrected chi connectivity index (χ2v) is 7.39. The van der Waals surface area contributed by atoms with Gasteiger partial charge in [-0.25, -0.2) is 4.79 Å². The van der Waals surface area contributed by atoms with Gasteiger partial charge < -0.3 is 19.5 Å². The Hall–Kier alpha value is -3.19. The summed E-state index contributed by atoms with van der Waals surface area (Å²) in [7, 11) is 0. The summed E-state index contributed by atoms with van der Waals surface area (Å²) in [5, 5.41) is 2.77. The molecule has 1 atom stereocenters. The molecular formula is C23H23NO6. The van der Waals surface area contributed by atoms with Crippen molar-refractivity contribution in [1.82, 2.24) is 0 Å². The first-order chi connectivity index (χ1) is 14.6. The quantitative estimate of drug-likeness (QED) is 0.558. The second-order valence-electron chi connectivity index (χ2n) is 7.39. The Morgan fingerprint density at radius 1 is 1.07 bits per heavy atom. The molecule has 7 nitrogen and oxygen atoms in total. The maximum Gasteiger partial charge on any atom is 0.338 e. The molecule has 0 aromatic heterocycles. The first kappa shape index (κ1) is 20.1. The molecule has 2 aromatic carbocycles. The lowest BCUT2D eigenvalue weighted by Crippen LogP contribution is -2.20. The minimum absolute atomic E-state index is 0.0289. The minimum atomic E-state index is -0.570. The van der Waals surface area contributed by atoms with E-state index in [4.69, 9.17) is 14.2 Å². The number of esters is 1. The maximum absolute atomic E-state index is 12.4. The van der Waals surface area contributed by atoms with Crippen LogP contribution in [0.2, 0.25) is 0 Å². The van der Waals surface area contributed by atoms with Crippen molar-refractivity contribution in [3.8, 4) is 5.75 Å². The number of carbonyl (C=O) groups excluding carboxylic acids is 3. The van der Waals surface area contributed by atoms with Gasteiger partial charge in [-0.05, 0) is 67.3 Å². The van der Waals surface area contributed by atoms with Crippen LogP contribution in [0.1, 0.15) is 45.5 Å². The number of rotatable bonds is 7. The Kier molecular flexibility index (Phi) is 6.09. The van der Waals surface area contributed by atoms with E-state index in [0.29, 0.717) is 36.3 Å². The second kappa shape index (κ2) is 9.09. The molecule has 1 unspecified atom stereocenters. The molecule has 2 heterocycles. The molecule has 2 aromatic rings. The molecule has 156 valence electrons. The Balaban J connectivity index is 1.28. The molecule has 2 aliphatic rings. The number of hydrogen-bond donors (Lipinski definition) is 1. The standard InChI is InChI=1S/C23H23NO6/c25-21(17-5-9-20-16(12-17)6-10-22(26)24-20)14-30-23(27)15-3-7-18(8-4-15)29-13-19-2-1-11-28-19/h3-5,7-9,12,19H,1-2,6,10-11,13-14H2,(H,24,26). The summed E-state index contributed by atoms with van der Waals surface area (Å²) >= 11 is 0. The van der Waals surface area contributed by atoms with Crippen LogP contribution in [0.15, 0.2) is 42.5 Å². The van der Waals surface area contributed by atoms with Gasteiger partial charge in [0.05, 0.1) is 11.7 Å². The van der Waals surface area contributed by atoms with Gasteiger partial charge >= 0.3 is 5.97 Å². The largest absolute Gasteiger partial charge is 0.491 e. The number of ether oxygens (including phenoxy) is 3. The van der Waals surface area contributed by atoms with E-state index in [2.05, 4.69) is 5.32 Å². The lowest BCUT2D eigenvalue weighted by atomic mass is 9.99. The van der Waals surface area contributed by atoms with Gasteiger partial charge in [0.25, 0.3) is 0 Å². The Labute approximate surface area is 174 Å². The third-order valence-corrected chi connectivity index (χ3v) is 5.21. The molecule has 1 fully saturated rings. The van der Waals surface area contributed by atoms with Crippen molar-refractivity contribution in [2.75, 3.05) is 25.1 Å². The summed E-state index contributed by atoms with van der Waals surface area (Å²) in [4.78, 5) is 36.1. The Morgan fingerprint density at radius 2 is 1.87 bits per heavy atom. The number of nitrogens with one attached hydrogen (secondary N) is 1. The number of amides is 1. The van der Waals surface area contributed by atoms with Crippen molar-refractivity contribution in [1.29, 1.82) is 0 Å². The van der Waals surface area contributed by atoms with Gasteiger partial charge in [-0.3, -0.25) is 9.59 Å². The third kappa shape index (κ3) is 4.86. The molecule has 2 aliphatic heterocycles. The van der Waals surface area contributed by atoms with E-state index in [9.17, 15) is 14.4 Å². The molecule has 1 N–H and O–H groups in total. The molecular weight excluding hydrogens is 386 g/mol. The van der Waals surface area contributed by atoms with Crippen LogP contribution in [0, 0.1) is 0 Å². The van der Waals surface area contributed by atoms with Crippen LogP contribution < -0.4 is 10.1 Å². The van der Waals surface area contributed by atoms with E-state index < -0.39 is 5.97 Å². The van der Waals surface area contributed by atoms with Crippen LogP contribution in [0.25, 0.3) is 0 Å². The van der Waals surface area contributed by atoms with Gasteiger partial charge in [0, 0.05) is 24.3 Å². The van der Waals surface area contributed by atoms with Crippen molar-refractivity contribution >= 4 is 23.3 Å². The predicted octanol–water partition coefficient (Wildman–Crippen LogP) is 3.17. The highest BCUT2D eigenvalue weighted by molar-refractivity contribution is 6.01. The van der Waals surface area contributed by atoms with E-state index in [1.54, 1.807) is 42.5 Å². The normalized spacial score (nSPS) is 17.7. The number of ketones is 1. The molecule has 1 amide bonds. The Bertz CT molecular complexity index is 947. The zero-order chi connectivity index (χ0) is 20.9. The molecule has 7 heteroatoms. The average molecular weight is 409 g/mol. The number of anilines is 1. The highest BCUT2D eigenvalue weighted by Crippen LogP contribution is 2.24. The Morgan fingerprint density at radius 3 is 2.63 bits per heavy atom. The van der Waals surface area contributed by atoms with E-state index in [-0.39, 0.29) is 24.4 Å². The lowest BCUT2D eigenvalue weighted by molar-refractivity contribution is -0.116.